The Balaban J connectivity index is 1.81. The first-order chi connectivity index (χ1) is 15.5. The van der Waals surface area contributed by atoms with Crippen molar-refractivity contribution in [2.45, 2.75) is 25.9 Å². The van der Waals surface area contributed by atoms with Gasteiger partial charge in [-0.1, -0.05) is 73.7 Å². The van der Waals surface area contributed by atoms with Crippen LogP contribution in [-0.4, -0.2) is 28.8 Å². The molecule has 1 atom stereocenters. The lowest BCUT2D eigenvalue weighted by Crippen LogP contribution is -2.29. The number of Topliss-reactive ketones (excluding diaryl/α,β-unsaturated/α-hetero) is 1. The van der Waals surface area contributed by atoms with Gasteiger partial charge in [-0.2, -0.15) is 0 Å². The van der Waals surface area contributed by atoms with Gasteiger partial charge in [-0.05, 0) is 35.2 Å². The second kappa shape index (κ2) is 9.10. The highest BCUT2D eigenvalue weighted by Crippen LogP contribution is 2.40. The fourth-order valence-corrected chi connectivity index (χ4v) is 4.05. The molecule has 0 saturated carbocycles. The Morgan fingerprint density at radius 2 is 1.66 bits per heavy atom. The van der Waals surface area contributed by atoms with Crippen LogP contribution in [0, 0.1) is 0 Å². The van der Waals surface area contributed by atoms with Gasteiger partial charge in [-0.15, -0.1) is 0 Å². The van der Waals surface area contributed by atoms with E-state index in [4.69, 9.17) is 4.74 Å². The molecule has 0 aromatic heterocycles. The first-order valence-electron chi connectivity index (χ1n) is 10.6. The number of aliphatic hydroxyl groups excluding tert-OH is 1. The fraction of sp³-hybridized carbons (Fsp3) is 0.185. The number of carbonyl (C=O) groups excluding carboxylic acids is 2. The van der Waals surface area contributed by atoms with Gasteiger partial charge < -0.3 is 14.7 Å². The number of amides is 1. The summed E-state index contributed by atoms with van der Waals surface area (Å²) < 4.78 is 5.30. The average molecular weight is 428 g/mol. The van der Waals surface area contributed by atoms with Crippen LogP contribution in [0.1, 0.15) is 35.2 Å². The van der Waals surface area contributed by atoms with E-state index in [1.165, 1.54) is 4.90 Å². The average Bonchev–Trinajstić information content (AvgIpc) is 3.09. The maximum atomic E-state index is 13.1. The summed E-state index contributed by atoms with van der Waals surface area (Å²) in [6.45, 7) is 2.27. The highest BCUT2D eigenvalue weighted by atomic mass is 16.5. The quantitative estimate of drug-likeness (QED) is 0.346. The molecular formula is C27H25NO4. The molecule has 3 aromatic carbocycles. The molecule has 1 aliphatic heterocycles. The Bertz CT molecular complexity index is 1170. The van der Waals surface area contributed by atoms with E-state index in [1.54, 1.807) is 19.2 Å². The highest BCUT2D eigenvalue weighted by Gasteiger charge is 2.46. The monoisotopic (exact) mass is 427 g/mol. The molecule has 1 heterocycles. The Labute approximate surface area is 187 Å². The molecule has 1 saturated heterocycles. The molecule has 1 aliphatic rings. The number of rotatable bonds is 6. The van der Waals surface area contributed by atoms with E-state index in [1.807, 2.05) is 73.7 Å². The number of ether oxygens (including phenoxy) is 1. The first kappa shape index (κ1) is 21.4. The van der Waals surface area contributed by atoms with Crippen LogP contribution in [-0.2, 0) is 22.6 Å². The Hall–Kier alpha value is -3.86. The molecule has 0 aliphatic carbocycles. The maximum absolute atomic E-state index is 13.1. The zero-order valence-corrected chi connectivity index (χ0v) is 18.1. The fourth-order valence-electron chi connectivity index (χ4n) is 4.05. The number of nitrogens with zero attached hydrogens (tertiary/aromatic N) is 1. The third-order valence-electron chi connectivity index (χ3n) is 5.78. The number of hydrogen-bond donors (Lipinski definition) is 1. The van der Waals surface area contributed by atoms with Gasteiger partial charge in [0.05, 0.1) is 18.7 Å². The third kappa shape index (κ3) is 4.02. The second-order valence-electron chi connectivity index (χ2n) is 7.74. The summed E-state index contributed by atoms with van der Waals surface area (Å²) in [5, 5.41) is 11.1. The van der Waals surface area contributed by atoms with Gasteiger partial charge in [0.1, 0.15) is 11.5 Å². The minimum absolute atomic E-state index is 0.105. The second-order valence-corrected chi connectivity index (χ2v) is 7.74. The number of carbonyl (C=O) groups is 2. The topological polar surface area (TPSA) is 66.8 Å². The van der Waals surface area contributed by atoms with Crippen LogP contribution in [0.15, 0.2) is 84.4 Å². The van der Waals surface area contributed by atoms with Gasteiger partial charge in [0, 0.05) is 12.1 Å². The van der Waals surface area contributed by atoms with Gasteiger partial charge in [0.15, 0.2) is 0 Å². The first-order valence-corrected chi connectivity index (χ1v) is 10.6. The molecule has 4 rings (SSSR count). The van der Waals surface area contributed by atoms with Crippen molar-refractivity contribution >= 4 is 17.4 Å². The van der Waals surface area contributed by atoms with Gasteiger partial charge >= 0.3 is 0 Å². The van der Waals surface area contributed by atoms with Crippen molar-refractivity contribution < 1.29 is 19.4 Å². The van der Waals surface area contributed by atoms with Crippen molar-refractivity contribution in [2.75, 3.05) is 7.11 Å². The van der Waals surface area contributed by atoms with Crippen molar-refractivity contribution in [2.24, 2.45) is 0 Å². The van der Waals surface area contributed by atoms with Crippen molar-refractivity contribution in [3.8, 4) is 5.75 Å². The largest absolute Gasteiger partial charge is 0.507 e. The number of ketones is 1. The summed E-state index contributed by atoms with van der Waals surface area (Å²) in [6.07, 6.45) is 0.871. The van der Waals surface area contributed by atoms with Crippen LogP contribution < -0.4 is 4.74 Å². The number of aryl methyl sites for hydroxylation is 1. The zero-order chi connectivity index (χ0) is 22.7. The Morgan fingerprint density at radius 1 is 0.938 bits per heavy atom. The smallest absolute Gasteiger partial charge is 0.295 e. The minimum Gasteiger partial charge on any atom is -0.507 e. The molecule has 1 unspecified atom stereocenters. The SMILES string of the molecule is CCc1ccc(/C(O)=C2/C(=O)C(=O)N(Cc3cccc(OC)c3)C2c2ccccc2)cc1. The summed E-state index contributed by atoms with van der Waals surface area (Å²) in [5.74, 6) is -0.799. The zero-order valence-electron chi connectivity index (χ0n) is 18.1. The van der Waals surface area contributed by atoms with Crippen LogP contribution in [0.4, 0.5) is 0 Å². The van der Waals surface area contributed by atoms with Crippen molar-refractivity contribution in [3.63, 3.8) is 0 Å². The van der Waals surface area contributed by atoms with Gasteiger partial charge in [0.25, 0.3) is 11.7 Å². The molecule has 5 heteroatoms. The summed E-state index contributed by atoms with van der Waals surface area (Å²) in [7, 11) is 1.58. The molecular weight excluding hydrogens is 402 g/mol. The van der Waals surface area contributed by atoms with E-state index in [0.717, 1.165) is 23.1 Å². The molecule has 162 valence electrons. The molecule has 1 fully saturated rings. The van der Waals surface area contributed by atoms with Crippen molar-refractivity contribution in [1.29, 1.82) is 0 Å². The normalized spacial score (nSPS) is 17.6. The van der Waals surface area contributed by atoms with Crippen LogP contribution in [0.5, 0.6) is 5.75 Å². The predicted octanol–water partition coefficient (Wildman–Crippen LogP) is 4.88. The number of likely N-dealkylation sites (tertiary alicyclic amines) is 1. The van der Waals surface area contributed by atoms with Crippen LogP contribution >= 0.6 is 0 Å². The third-order valence-corrected chi connectivity index (χ3v) is 5.78. The van der Waals surface area contributed by atoms with Crippen molar-refractivity contribution in [1.82, 2.24) is 4.90 Å². The highest BCUT2D eigenvalue weighted by molar-refractivity contribution is 6.46. The molecule has 1 N–H and O–H groups in total. The molecule has 1 amide bonds. The lowest BCUT2D eigenvalue weighted by molar-refractivity contribution is -0.140. The van der Waals surface area contributed by atoms with Gasteiger partial charge in [0.2, 0.25) is 0 Å². The van der Waals surface area contributed by atoms with E-state index < -0.39 is 17.7 Å². The maximum Gasteiger partial charge on any atom is 0.295 e. The lowest BCUT2D eigenvalue weighted by Gasteiger charge is -2.25. The van der Waals surface area contributed by atoms with Crippen LogP contribution in [0.2, 0.25) is 0 Å². The van der Waals surface area contributed by atoms with Crippen LogP contribution in [0.3, 0.4) is 0 Å². The Morgan fingerprint density at radius 3 is 2.31 bits per heavy atom. The Kier molecular flexibility index (Phi) is 6.08. The predicted molar refractivity (Wildman–Crippen MR) is 123 cm³/mol. The van der Waals surface area contributed by atoms with E-state index >= 15 is 0 Å². The summed E-state index contributed by atoms with van der Waals surface area (Å²) in [4.78, 5) is 27.7. The number of hydrogen-bond acceptors (Lipinski definition) is 4. The van der Waals surface area contributed by atoms with Gasteiger partial charge in [-0.3, -0.25) is 9.59 Å². The molecule has 5 nitrogen and oxygen atoms in total. The van der Waals surface area contributed by atoms with E-state index in [2.05, 4.69) is 0 Å². The molecule has 32 heavy (non-hydrogen) atoms. The summed E-state index contributed by atoms with van der Waals surface area (Å²) in [5.41, 5.74) is 3.34. The number of aliphatic hydroxyl groups is 1. The van der Waals surface area contributed by atoms with Crippen LogP contribution in [0.25, 0.3) is 5.76 Å². The van der Waals surface area contributed by atoms with Gasteiger partial charge in [-0.25, -0.2) is 0 Å². The molecule has 0 radical (unpaired) electrons. The number of methoxy groups -OCH3 is 1. The van der Waals surface area contributed by atoms with E-state index in [-0.39, 0.29) is 17.9 Å². The summed E-state index contributed by atoms with van der Waals surface area (Å²) in [6, 6.07) is 23.4. The summed E-state index contributed by atoms with van der Waals surface area (Å²) >= 11 is 0. The lowest BCUT2D eigenvalue weighted by atomic mass is 9.95. The molecule has 0 bridgehead atoms. The standard InChI is InChI=1S/C27H25NO4/c1-3-18-12-14-21(15-13-18)25(29)23-24(20-9-5-4-6-10-20)28(27(31)26(23)30)17-19-8-7-11-22(16-19)32-2/h4-16,24,29H,3,17H2,1-2H3/b25-23-. The van der Waals surface area contributed by atoms with E-state index in [0.29, 0.717) is 11.3 Å². The molecule has 0 spiro atoms. The van der Waals surface area contributed by atoms with E-state index in [9.17, 15) is 14.7 Å². The molecule has 3 aromatic rings. The van der Waals surface area contributed by atoms with Crippen molar-refractivity contribution in [3.05, 3.63) is 107 Å². The number of benzene rings is 3. The minimum atomic E-state index is -0.687.